The summed E-state index contributed by atoms with van der Waals surface area (Å²) in [6.45, 7) is 9.82. The number of aryl methyl sites for hydroxylation is 1. The van der Waals surface area contributed by atoms with Crippen LogP contribution in [-0.2, 0) is 13.1 Å². The molecule has 2 heterocycles. The number of hydrogen-bond donors (Lipinski definition) is 1. The second-order valence-electron chi connectivity index (χ2n) is 5.55. The molecule has 0 atom stereocenters. The lowest BCUT2D eigenvalue weighted by molar-refractivity contribution is 0.368. The summed E-state index contributed by atoms with van der Waals surface area (Å²) in [5.41, 5.74) is 2.14. The number of aromatic nitrogens is 3. The van der Waals surface area contributed by atoms with Crippen molar-refractivity contribution in [3.05, 3.63) is 35.7 Å². The summed E-state index contributed by atoms with van der Waals surface area (Å²) >= 11 is 0. The lowest BCUT2D eigenvalue weighted by atomic mass is 10.1. The molecular weight excluding hydrogens is 228 g/mol. The van der Waals surface area contributed by atoms with Gasteiger partial charge >= 0.3 is 0 Å². The summed E-state index contributed by atoms with van der Waals surface area (Å²) in [6.07, 6.45) is 3.69. The topological polar surface area (TPSA) is 55.9 Å². The van der Waals surface area contributed by atoms with E-state index < -0.39 is 0 Å². The van der Waals surface area contributed by atoms with Crippen molar-refractivity contribution in [3.63, 3.8) is 0 Å². The van der Waals surface area contributed by atoms with Crippen LogP contribution in [0.25, 0.3) is 0 Å². The Morgan fingerprint density at radius 1 is 1.39 bits per heavy atom. The first-order valence-electron chi connectivity index (χ1n) is 6.10. The number of hydrogen-bond acceptors (Lipinski definition) is 4. The van der Waals surface area contributed by atoms with Crippen LogP contribution in [-0.4, -0.2) is 20.2 Å². The zero-order valence-electron chi connectivity index (χ0n) is 11.4. The zero-order valence-corrected chi connectivity index (χ0v) is 11.4. The third kappa shape index (κ3) is 3.43. The van der Waals surface area contributed by atoms with Crippen LogP contribution in [0.2, 0.25) is 0 Å². The van der Waals surface area contributed by atoms with Gasteiger partial charge in [-0.25, -0.2) is 4.98 Å². The van der Waals surface area contributed by atoms with E-state index in [0.717, 1.165) is 23.7 Å². The van der Waals surface area contributed by atoms with Gasteiger partial charge in [-0.2, -0.15) is 0 Å². The smallest absolute Gasteiger partial charge is 0.156 e. The second-order valence-corrected chi connectivity index (χ2v) is 5.55. The molecule has 18 heavy (non-hydrogen) atoms. The van der Waals surface area contributed by atoms with Gasteiger partial charge in [0.2, 0.25) is 0 Å². The minimum Gasteiger partial charge on any atom is -0.359 e. The lowest BCUT2D eigenvalue weighted by Gasteiger charge is -2.20. The highest BCUT2D eigenvalue weighted by Crippen LogP contribution is 2.09. The standard InChI is InChI=1S/C13H20N4O/c1-10-5-12(18-16-10)8-17-9-14-6-11(17)7-15-13(2,3)4/h5-6,9,15H,7-8H2,1-4H3. The first-order chi connectivity index (χ1) is 8.44. The number of nitrogens with zero attached hydrogens (tertiary/aromatic N) is 3. The van der Waals surface area contributed by atoms with Gasteiger partial charge in [-0.15, -0.1) is 0 Å². The van der Waals surface area contributed by atoms with E-state index >= 15 is 0 Å². The molecular formula is C13H20N4O. The molecule has 0 aliphatic carbocycles. The van der Waals surface area contributed by atoms with Crippen molar-refractivity contribution in [1.29, 1.82) is 0 Å². The van der Waals surface area contributed by atoms with E-state index in [1.165, 1.54) is 0 Å². The van der Waals surface area contributed by atoms with Gasteiger partial charge in [-0.05, 0) is 27.7 Å². The average molecular weight is 248 g/mol. The Bertz CT molecular complexity index is 507. The molecule has 2 rings (SSSR count). The molecule has 0 aromatic carbocycles. The van der Waals surface area contributed by atoms with Crippen molar-refractivity contribution in [1.82, 2.24) is 20.0 Å². The van der Waals surface area contributed by atoms with Crippen LogP contribution in [0.1, 0.15) is 37.9 Å². The molecule has 0 unspecified atom stereocenters. The van der Waals surface area contributed by atoms with E-state index in [-0.39, 0.29) is 5.54 Å². The van der Waals surface area contributed by atoms with Crippen molar-refractivity contribution in [3.8, 4) is 0 Å². The number of nitrogens with one attached hydrogen (secondary N) is 1. The molecule has 98 valence electrons. The predicted octanol–water partition coefficient (Wildman–Crippen LogP) is 2.12. The van der Waals surface area contributed by atoms with E-state index in [1.54, 1.807) is 0 Å². The summed E-state index contributed by atoms with van der Waals surface area (Å²) < 4.78 is 7.29. The van der Waals surface area contributed by atoms with Gasteiger partial charge in [0, 0.05) is 24.3 Å². The minimum absolute atomic E-state index is 0.0952. The van der Waals surface area contributed by atoms with Gasteiger partial charge in [0.15, 0.2) is 5.76 Å². The highest BCUT2D eigenvalue weighted by atomic mass is 16.5. The van der Waals surface area contributed by atoms with Gasteiger partial charge in [-0.1, -0.05) is 5.16 Å². The first kappa shape index (κ1) is 12.8. The summed E-state index contributed by atoms with van der Waals surface area (Å²) in [6, 6.07) is 1.95. The summed E-state index contributed by atoms with van der Waals surface area (Å²) in [5.74, 6) is 0.850. The Hall–Kier alpha value is -1.62. The van der Waals surface area contributed by atoms with Crippen molar-refractivity contribution >= 4 is 0 Å². The van der Waals surface area contributed by atoms with Crippen LogP contribution in [0.5, 0.6) is 0 Å². The third-order valence-electron chi connectivity index (χ3n) is 2.60. The van der Waals surface area contributed by atoms with Crippen molar-refractivity contribution in [2.75, 3.05) is 0 Å². The van der Waals surface area contributed by atoms with Crippen LogP contribution in [0.3, 0.4) is 0 Å². The van der Waals surface area contributed by atoms with Gasteiger partial charge in [0.1, 0.15) is 0 Å². The zero-order chi connectivity index (χ0) is 13.2. The maximum atomic E-state index is 5.22. The summed E-state index contributed by atoms with van der Waals surface area (Å²) in [5, 5.41) is 7.34. The van der Waals surface area contributed by atoms with E-state index in [2.05, 4.69) is 40.8 Å². The summed E-state index contributed by atoms with van der Waals surface area (Å²) in [4.78, 5) is 4.19. The number of imidazole rings is 1. The van der Waals surface area contributed by atoms with Crippen LogP contribution >= 0.6 is 0 Å². The molecule has 0 spiro atoms. The highest BCUT2D eigenvalue weighted by molar-refractivity contribution is 5.07. The molecule has 2 aromatic heterocycles. The molecule has 0 amide bonds. The van der Waals surface area contributed by atoms with E-state index in [0.29, 0.717) is 6.54 Å². The monoisotopic (exact) mass is 248 g/mol. The van der Waals surface area contributed by atoms with Crippen LogP contribution in [0, 0.1) is 6.92 Å². The molecule has 0 saturated carbocycles. The molecule has 5 nitrogen and oxygen atoms in total. The molecule has 0 saturated heterocycles. The highest BCUT2D eigenvalue weighted by Gasteiger charge is 2.11. The molecule has 2 aromatic rings. The quantitative estimate of drug-likeness (QED) is 0.900. The Morgan fingerprint density at radius 2 is 2.17 bits per heavy atom. The fourth-order valence-electron chi connectivity index (χ4n) is 1.65. The predicted molar refractivity (Wildman–Crippen MR) is 69.2 cm³/mol. The average Bonchev–Trinajstić information content (AvgIpc) is 2.85. The Morgan fingerprint density at radius 3 is 2.78 bits per heavy atom. The SMILES string of the molecule is Cc1cc(Cn2cncc2CNC(C)(C)C)on1. The van der Waals surface area contributed by atoms with E-state index in [4.69, 9.17) is 4.52 Å². The van der Waals surface area contributed by atoms with Gasteiger partial charge in [0.05, 0.1) is 24.3 Å². The van der Waals surface area contributed by atoms with Crippen LogP contribution in [0.4, 0.5) is 0 Å². The maximum absolute atomic E-state index is 5.22. The summed E-state index contributed by atoms with van der Waals surface area (Å²) in [7, 11) is 0. The second kappa shape index (κ2) is 4.94. The molecule has 0 bridgehead atoms. The molecule has 5 heteroatoms. The fourth-order valence-corrected chi connectivity index (χ4v) is 1.65. The Kier molecular flexibility index (Phi) is 3.52. The van der Waals surface area contributed by atoms with Gasteiger partial charge in [0.25, 0.3) is 0 Å². The largest absolute Gasteiger partial charge is 0.359 e. The molecule has 0 aliphatic heterocycles. The van der Waals surface area contributed by atoms with Crippen molar-refractivity contribution < 1.29 is 4.52 Å². The van der Waals surface area contributed by atoms with Crippen LogP contribution < -0.4 is 5.32 Å². The lowest BCUT2D eigenvalue weighted by Crippen LogP contribution is -2.35. The van der Waals surface area contributed by atoms with Crippen molar-refractivity contribution in [2.45, 2.75) is 46.3 Å². The maximum Gasteiger partial charge on any atom is 0.156 e. The molecule has 0 radical (unpaired) electrons. The molecule has 1 N–H and O–H groups in total. The van der Waals surface area contributed by atoms with Gasteiger partial charge in [-0.3, -0.25) is 0 Å². The number of rotatable bonds is 4. The molecule has 0 fully saturated rings. The minimum atomic E-state index is 0.0952. The van der Waals surface area contributed by atoms with Crippen molar-refractivity contribution in [2.24, 2.45) is 0 Å². The van der Waals surface area contributed by atoms with E-state index in [1.807, 2.05) is 25.5 Å². The fraction of sp³-hybridized carbons (Fsp3) is 0.538. The Labute approximate surface area is 107 Å². The normalized spacial score (nSPS) is 12.0. The van der Waals surface area contributed by atoms with Crippen LogP contribution in [0.15, 0.2) is 23.1 Å². The van der Waals surface area contributed by atoms with E-state index in [9.17, 15) is 0 Å². The Balaban J connectivity index is 2.03. The first-order valence-corrected chi connectivity index (χ1v) is 6.10. The molecule has 0 aliphatic rings. The third-order valence-corrected chi connectivity index (χ3v) is 2.60. The van der Waals surface area contributed by atoms with Gasteiger partial charge < -0.3 is 14.4 Å².